The van der Waals surface area contributed by atoms with Crippen LogP contribution in [0.25, 0.3) is 11.1 Å². The van der Waals surface area contributed by atoms with Gasteiger partial charge in [-0.25, -0.2) is 0 Å². The molecule has 2 aromatic carbocycles. The molecule has 1 aliphatic rings. The van der Waals surface area contributed by atoms with E-state index >= 15 is 0 Å². The van der Waals surface area contributed by atoms with E-state index in [0.717, 1.165) is 36.8 Å². The van der Waals surface area contributed by atoms with Gasteiger partial charge < -0.3 is 10.4 Å². The van der Waals surface area contributed by atoms with Crippen molar-refractivity contribution in [1.29, 1.82) is 0 Å². The molecule has 2 N–H and O–H groups in total. The monoisotopic (exact) mass is 337 g/mol. The van der Waals surface area contributed by atoms with Crippen LogP contribution in [0.15, 0.2) is 54.6 Å². The first-order valence-electron chi connectivity index (χ1n) is 9.34. The second kappa shape index (κ2) is 8.82. The van der Waals surface area contributed by atoms with E-state index in [1.54, 1.807) is 0 Å². The number of amides is 1. The van der Waals surface area contributed by atoms with Crippen molar-refractivity contribution in [2.75, 3.05) is 0 Å². The number of benzene rings is 2. The van der Waals surface area contributed by atoms with Crippen LogP contribution in [0.4, 0.5) is 0 Å². The van der Waals surface area contributed by atoms with Gasteiger partial charge in [0.05, 0.1) is 18.6 Å². The fourth-order valence-corrected chi connectivity index (χ4v) is 3.52. The zero-order chi connectivity index (χ0) is 17.5. The Morgan fingerprint density at radius 3 is 2.24 bits per heavy atom. The summed E-state index contributed by atoms with van der Waals surface area (Å²) in [5.74, 6) is -0.00270. The summed E-state index contributed by atoms with van der Waals surface area (Å²) in [6.45, 7) is 0. The van der Waals surface area contributed by atoms with E-state index in [0.29, 0.717) is 6.42 Å². The highest BCUT2D eigenvalue weighted by Gasteiger charge is 2.22. The Bertz CT molecular complexity index is 666. The van der Waals surface area contributed by atoms with Crippen LogP contribution in [0.3, 0.4) is 0 Å². The van der Waals surface area contributed by atoms with Gasteiger partial charge in [0.15, 0.2) is 0 Å². The van der Waals surface area contributed by atoms with Crippen LogP contribution in [-0.2, 0) is 11.2 Å². The predicted molar refractivity (Wildman–Crippen MR) is 101 cm³/mol. The van der Waals surface area contributed by atoms with Gasteiger partial charge in [-0.3, -0.25) is 4.79 Å². The summed E-state index contributed by atoms with van der Waals surface area (Å²) < 4.78 is 0. The van der Waals surface area contributed by atoms with Gasteiger partial charge in [0.1, 0.15) is 0 Å². The minimum Gasteiger partial charge on any atom is -0.391 e. The molecule has 0 saturated heterocycles. The lowest BCUT2D eigenvalue weighted by molar-refractivity contribution is -0.122. The Balaban J connectivity index is 1.57. The van der Waals surface area contributed by atoms with Gasteiger partial charge in [-0.15, -0.1) is 0 Å². The van der Waals surface area contributed by atoms with Gasteiger partial charge in [-0.05, 0) is 29.5 Å². The molecule has 1 fully saturated rings. The molecule has 25 heavy (non-hydrogen) atoms. The summed E-state index contributed by atoms with van der Waals surface area (Å²) in [7, 11) is 0. The Morgan fingerprint density at radius 2 is 1.52 bits per heavy atom. The summed E-state index contributed by atoms with van der Waals surface area (Å²) in [4.78, 5) is 12.4. The van der Waals surface area contributed by atoms with Crippen LogP contribution in [-0.4, -0.2) is 23.2 Å². The largest absolute Gasteiger partial charge is 0.391 e. The molecule has 0 bridgehead atoms. The first-order chi connectivity index (χ1) is 12.2. The molecule has 0 unspecified atom stereocenters. The molecular weight excluding hydrogens is 310 g/mol. The lowest BCUT2D eigenvalue weighted by atomic mass is 9.94. The number of hydrogen-bond donors (Lipinski definition) is 2. The third-order valence-electron chi connectivity index (χ3n) is 5.00. The molecule has 2 aromatic rings. The van der Waals surface area contributed by atoms with Gasteiger partial charge in [0.2, 0.25) is 5.91 Å². The van der Waals surface area contributed by atoms with Gasteiger partial charge in [-0.1, -0.05) is 80.3 Å². The summed E-state index contributed by atoms with van der Waals surface area (Å²) in [5.41, 5.74) is 3.33. The normalized spacial score (nSPS) is 21.2. The molecule has 0 aliphatic heterocycles. The van der Waals surface area contributed by atoms with Crippen molar-refractivity contribution in [2.24, 2.45) is 0 Å². The predicted octanol–water partition coefficient (Wildman–Crippen LogP) is 4.10. The van der Waals surface area contributed by atoms with Crippen molar-refractivity contribution in [3.8, 4) is 11.1 Å². The van der Waals surface area contributed by atoms with Crippen LogP contribution in [0.5, 0.6) is 0 Å². The molecule has 132 valence electrons. The van der Waals surface area contributed by atoms with Crippen LogP contribution in [0, 0.1) is 0 Å². The zero-order valence-electron chi connectivity index (χ0n) is 14.7. The average Bonchev–Trinajstić information content (AvgIpc) is 2.63. The second-order valence-electron chi connectivity index (χ2n) is 6.97. The van der Waals surface area contributed by atoms with E-state index in [-0.39, 0.29) is 11.9 Å². The van der Waals surface area contributed by atoms with Crippen molar-refractivity contribution in [1.82, 2.24) is 5.32 Å². The van der Waals surface area contributed by atoms with Crippen molar-refractivity contribution in [3.63, 3.8) is 0 Å². The molecule has 3 rings (SSSR count). The maximum Gasteiger partial charge on any atom is 0.224 e. The molecule has 2 atom stereocenters. The molecule has 3 nitrogen and oxygen atoms in total. The topological polar surface area (TPSA) is 49.3 Å². The summed E-state index contributed by atoms with van der Waals surface area (Å²) >= 11 is 0. The third kappa shape index (κ3) is 5.17. The molecule has 0 aromatic heterocycles. The standard InChI is InChI=1S/C22H27NO2/c24-21-11-7-2-1-6-10-20(21)23-22(25)16-17-12-14-19(15-13-17)18-8-4-3-5-9-18/h3-5,8-9,12-15,20-21,24H,1-2,6-7,10-11,16H2,(H,23,25)/t20-,21-/m0/s1. The zero-order valence-corrected chi connectivity index (χ0v) is 14.7. The number of rotatable bonds is 4. The van der Waals surface area contributed by atoms with E-state index in [2.05, 4.69) is 29.6 Å². The molecular formula is C22H27NO2. The lowest BCUT2D eigenvalue weighted by Crippen LogP contribution is -2.44. The average molecular weight is 337 g/mol. The van der Waals surface area contributed by atoms with Gasteiger partial charge >= 0.3 is 0 Å². The minimum absolute atomic E-state index is 0.00270. The first-order valence-corrected chi connectivity index (χ1v) is 9.34. The molecule has 0 heterocycles. The fraction of sp³-hybridized carbons (Fsp3) is 0.409. The molecule has 1 aliphatic carbocycles. The number of hydrogen-bond acceptors (Lipinski definition) is 2. The molecule has 1 amide bonds. The third-order valence-corrected chi connectivity index (χ3v) is 5.00. The van der Waals surface area contributed by atoms with Crippen molar-refractivity contribution >= 4 is 5.91 Å². The van der Waals surface area contributed by atoms with Gasteiger partial charge in [0, 0.05) is 0 Å². The van der Waals surface area contributed by atoms with Crippen molar-refractivity contribution < 1.29 is 9.90 Å². The minimum atomic E-state index is -0.412. The quantitative estimate of drug-likeness (QED) is 0.882. The number of carbonyl (C=O) groups excluding carboxylic acids is 1. The van der Waals surface area contributed by atoms with E-state index in [4.69, 9.17) is 0 Å². The maximum absolute atomic E-state index is 12.4. The number of aliphatic hydroxyl groups excluding tert-OH is 1. The molecule has 3 heteroatoms. The Labute approximate surface area is 150 Å². The maximum atomic E-state index is 12.4. The molecule has 0 spiro atoms. The van der Waals surface area contributed by atoms with E-state index in [9.17, 15) is 9.90 Å². The SMILES string of the molecule is O=C(Cc1ccc(-c2ccccc2)cc1)N[C@H]1CCCCCC[C@@H]1O. The highest BCUT2D eigenvalue weighted by atomic mass is 16.3. The summed E-state index contributed by atoms with van der Waals surface area (Å²) in [5, 5.41) is 13.3. The van der Waals surface area contributed by atoms with E-state index < -0.39 is 6.10 Å². The Hall–Kier alpha value is -2.13. The summed E-state index contributed by atoms with van der Waals surface area (Å²) in [6, 6.07) is 18.3. The number of aliphatic hydroxyl groups is 1. The van der Waals surface area contributed by atoms with Crippen molar-refractivity contribution in [2.45, 2.75) is 57.1 Å². The van der Waals surface area contributed by atoms with E-state index in [1.807, 2.05) is 30.3 Å². The van der Waals surface area contributed by atoms with Gasteiger partial charge in [-0.2, -0.15) is 0 Å². The number of nitrogens with one attached hydrogen (secondary N) is 1. The van der Waals surface area contributed by atoms with Crippen LogP contribution >= 0.6 is 0 Å². The highest BCUT2D eigenvalue weighted by Crippen LogP contribution is 2.20. The second-order valence-corrected chi connectivity index (χ2v) is 6.97. The highest BCUT2D eigenvalue weighted by molar-refractivity contribution is 5.79. The fourth-order valence-electron chi connectivity index (χ4n) is 3.52. The lowest BCUT2D eigenvalue weighted by Gasteiger charge is -2.26. The smallest absolute Gasteiger partial charge is 0.224 e. The summed E-state index contributed by atoms with van der Waals surface area (Å²) in [6.07, 6.45) is 6.12. The van der Waals surface area contributed by atoms with Crippen LogP contribution < -0.4 is 5.32 Å². The Kier molecular flexibility index (Phi) is 6.24. The van der Waals surface area contributed by atoms with E-state index in [1.165, 1.54) is 18.4 Å². The van der Waals surface area contributed by atoms with Gasteiger partial charge in [0.25, 0.3) is 0 Å². The first kappa shape index (κ1) is 17.7. The molecule has 0 radical (unpaired) electrons. The van der Waals surface area contributed by atoms with Crippen molar-refractivity contribution in [3.05, 3.63) is 60.2 Å². The number of carbonyl (C=O) groups is 1. The van der Waals surface area contributed by atoms with Crippen LogP contribution in [0.2, 0.25) is 0 Å². The molecule has 1 saturated carbocycles. The Morgan fingerprint density at radius 1 is 0.880 bits per heavy atom. The van der Waals surface area contributed by atoms with Crippen LogP contribution in [0.1, 0.15) is 44.1 Å².